The molecule has 0 bridgehead atoms. The van der Waals surface area contributed by atoms with Gasteiger partial charge in [-0.15, -0.1) is 0 Å². The summed E-state index contributed by atoms with van der Waals surface area (Å²) in [4.78, 5) is 7.45. The number of aromatic nitrogens is 2. The molecular formula is C14H9N3. The Hall–Kier alpha value is -2.60. The minimum absolute atomic E-state index is 0.430. The number of H-pyrrole nitrogens is 1. The summed E-state index contributed by atoms with van der Waals surface area (Å²) in [5, 5.41) is 9.81. The van der Waals surface area contributed by atoms with Crippen LogP contribution in [0.25, 0.3) is 22.3 Å². The van der Waals surface area contributed by atoms with E-state index in [1.165, 1.54) is 0 Å². The lowest BCUT2D eigenvalue weighted by Crippen LogP contribution is -1.82. The Morgan fingerprint density at radius 2 is 1.88 bits per heavy atom. The van der Waals surface area contributed by atoms with Gasteiger partial charge in [0.25, 0.3) is 0 Å². The second-order valence-corrected chi connectivity index (χ2v) is 3.80. The lowest BCUT2D eigenvalue weighted by molar-refractivity contribution is 1.28. The molecule has 0 spiro atoms. The molecule has 17 heavy (non-hydrogen) atoms. The standard InChI is InChI=1S/C14H9N3/c15-9-12-7-6-11-8-13(17-14(11)16-12)10-4-2-1-3-5-10/h1-8H,(H,16,17). The number of rotatable bonds is 1. The minimum atomic E-state index is 0.430. The molecule has 0 amide bonds. The highest BCUT2D eigenvalue weighted by atomic mass is 14.9. The lowest BCUT2D eigenvalue weighted by atomic mass is 10.1. The fourth-order valence-corrected chi connectivity index (χ4v) is 1.84. The van der Waals surface area contributed by atoms with Crippen LogP contribution in [0.5, 0.6) is 0 Å². The van der Waals surface area contributed by atoms with E-state index in [9.17, 15) is 0 Å². The van der Waals surface area contributed by atoms with Crippen molar-refractivity contribution in [2.45, 2.75) is 0 Å². The normalized spacial score (nSPS) is 10.3. The number of fused-ring (bicyclic) bond motifs is 1. The van der Waals surface area contributed by atoms with E-state index in [1.807, 2.05) is 48.5 Å². The smallest absolute Gasteiger partial charge is 0.142 e. The Morgan fingerprint density at radius 1 is 1.06 bits per heavy atom. The van der Waals surface area contributed by atoms with Gasteiger partial charge in [0.1, 0.15) is 17.4 Å². The van der Waals surface area contributed by atoms with Crippen LogP contribution in [-0.4, -0.2) is 9.97 Å². The monoisotopic (exact) mass is 219 g/mol. The van der Waals surface area contributed by atoms with E-state index in [1.54, 1.807) is 6.07 Å². The maximum Gasteiger partial charge on any atom is 0.142 e. The average molecular weight is 219 g/mol. The summed E-state index contributed by atoms with van der Waals surface area (Å²) in [7, 11) is 0. The molecule has 3 nitrogen and oxygen atoms in total. The fraction of sp³-hybridized carbons (Fsp3) is 0. The molecule has 3 rings (SSSR count). The van der Waals surface area contributed by atoms with E-state index in [0.29, 0.717) is 5.69 Å². The topological polar surface area (TPSA) is 52.5 Å². The molecule has 0 saturated heterocycles. The summed E-state index contributed by atoms with van der Waals surface area (Å²) >= 11 is 0. The van der Waals surface area contributed by atoms with Gasteiger partial charge in [0, 0.05) is 11.1 Å². The number of hydrogen-bond acceptors (Lipinski definition) is 2. The van der Waals surface area contributed by atoms with E-state index in [-0.39, 0.29) is 0 Å². The molecule has 1 N–H and O–H groups in total. The predicted molar refractivity (Wildman–Crippen MR) is 66.2 cm³/mol. The average Bonchev–Trinajstić information content (AvgIpc) is 2.82. The molecule has 1 aromatic carbocycles. The second-order valence-electron chi connectivity index (χ2n) is 3.80. The van der Waals surface area contributed by atoms with Crippen molar-refractivity contribution in [1.29, 1.82) is 5.26 Å². The molecule has 80 valence electrons. The number of nitrogens with zero attached hydrogens (tertiary/aromatic N) is 2. The van der Waals surface area contributed by atoms with Crippen LogP contribution in [0.3, 0.4) is 0 Å². The Balaban J connectivity index is 2.18. The van der Waals surface area contributed by atoms with Gasteiger partial charge in [-0.25, -0.2) is 4.98 Å². The summed E-state index contributed by atoms with van der Waals surface area (Å²) in [6.07, 6.45) is 0. The lowest BCUT2D eigenvalue weighted by Gasteiger charge is -1.94. The number of hydrogen-bond donors (Lipinski definition) is 1. The maximum absolute atomic E-state index is 8.79. The molecule has 3 aromatic rings. The van der Waals surface area contributed by atoms with Crippen LogP contribution < -0.4 is 0 Å². The van der Waals surface area contributed by atoms with Gasteiger partial charge in [-0.3, -0.25) is 0 Å². The van der Waals surface area contributed by atoms with E-state index >= 15 is 0 Å². The van der Waals surface area contributed by atoms with Crippen molar-refractivity contribution in [1.82, 2.24) is 9.97 Å². The van der Waals surface area contributed by atoms with Crippen molar-refractivity contribution in [2.24, 2.45) is 0 Å². The van der Waals surface area contributed by atoms with E-state index < -0.39 is 0 Å². The first kappa shape index (κ1) is 9.61. The third-order valence-electron chi connectivity index (χ3n) is 2.68. The van der Waals surface area contributed by atoms with Gasteiger partial charge in [-0.1, -0.05) is 30.3 Å². The maximum atomic E-state index is 8.79. The van der Waals surface area contributed by atoms with Crippen molar-refractivity contribution in [3.63, 3.8) is 0 Å². The quantitative estimate of drug-likeness (QED) is 0.683. The van der Waals surface area contributed by atoms with E-state index in [0.717, 1.165) is 22.3 Å². The third-order valence-corrected chi connectivity index (χ3v) is 2.68. The Kier molecular flexibility index (Phi) is 2.13. The van der Waals surface area contributed by atoms with Crippen molar-refractivity contribution in [3.8, 4) is 17.3 Å². The summed E-state index contributed by atoms with van der Waals surface area (Å²) in [5.74, 6) is 0. The van der Waals surface area contributed by atoms with Crippen molar-refractivity contribution in [3.05, 3.63) is 54.2 Å². The van der Waals surface area contributed by atoms with Crippen LogP contribution in [-0.2, 0) is 0 Å². The highest BCUT2D eigenvalue weighted by molar-refractivity contribution is 5.83. The number of aromatic amines is 1. The van der Waals surface area contributed by atoms with E-state index in [2.05, 4.69) is 9.97 Å². The van der Waals surface area contributed by atoms with Gasteiger partial charge < -0.3 is 4.98 Å². The molecule has 3 heteroatoms. The first-order chi connectivity index (χ1) is 8.36. The van der Waals surface area contributed by atoms with Crippen molar-refractivity contribution in [2.75, 3.05) is 0 Å². The summed E-state index contributed by atoms with van der Waals surface area (Å²) in [6.45, 7) is 0. The third kappa shape index (κ3) is 1.66. The SMILES string of the molecule is N#Cc1ccc2cc(-c3ccccc3)[nH]c2n1. The van der Waals surface area contributed by atoms with Crippen LogP contribution in [0.4, 0.5) is 0 Å². The minimum Gasteiger partial charge on any atom is -0.339 e. The zero-order valence-corrected chi connectivity index (χ0v) is 9.01. The van der Waals surface area contributed by atoms with Gasteiger partial charge in [0.05, 0.1) is 0 Å². The van der Waals surface area contributed by atoms with Crippen molar-refractivity contribution < 1.29 is 0 Å². The van der Waals surface area contributed by atoms with Gasteiger partial charge in [-0.2, -0.15) is 5.26 Å². The summed E-state index contributed by atoms with van der Waals surface area (Å²) in [5.41, 5.74) is 3.31. The molecule has 0 aliphatic heterocycles. The molecule has 0 saturated carbocycles. The molecular weight excluding hydrogens is 210 g/mol. The van der Waals surface area contributed by atoms with Gasteiger partial charge in [-0.05, 0) is 23.8 Å². The Bertz CT molecular complexity index is 705. The highest BCUT2D eigenvalue weighted by Gasteiger charge is 2.04. The van der Waals surface area contributed by atoms with Crippen LogP contribution in [0.1, 0.15) is 5.69 Å². The number of nitriles is 1. The summed E-state index contributed by atoms with van der Waals surface area (Å²) in [6, 6.07) is 17.8. The number of pyridine rings is 1. The molecule has 2 aromatic heterocycles. The zero-order valence-electron chi connectivity index (χ0n) is 9.01. The molecule has 0 aliphatic carbocycles. The summed E-state index contributed by atoms with van der Waals surface area (Å²) < 4.78 is 0. The first-order valence-corrected chi connectivity index (χ1v) is 5.32. The zero-order chi connectivity index (χ0) is 11.7. The van der Waals surface area contributed by atoms with Gasteiger partial charge in [0.2, 0.25) is 0 Å². The molecule has 0 radical (unpaired) electrons. The van der Waals surface area contributed by atoms with Gasteiger partial charge in [0.15, 0.2) is 0 Å². The predicted octanol–water partition coefficient (Wildman–Crippen LogP) is 3.10. The second kappa shape index (κ2) is 3.76. The molecule has 0 atom stereocenters. The molecule has 0 fully saturated rings. The number of benzene rings is 1. The van der Waals surface area contributed by atoms with Crippen LogP contribution >= 0.6 is 0 Å². The molecule has 2 heterocycles. The first-order valence-electron chi connectivity index (χ1n) is 5.32. The Labute approximate surface area is 98.4 Å². The number of nitrogens with one attached hydrogen (secondary N) is 1. The van der Waals surface area contributed by atoms with E-state index in [4.69, 9.17) is 5.26 Å². The Morgan fingerprint density at radius 3 is 2.65 bits per heavy atom. The van der Waals surface area contributed by atoms with Crippen LogP contribution in [0.2, 0.25) is 0 Å². The van der Waals surface area contributed by atoms with Crippen LogP contribution in [0.15, 0.2) is 48.5 Å². The molecule has 0 aliphatic rings. The molecule has 0 unspecified atom stereocenters. The fourth-order valence-electron chi connectivity index (χ4n) is 1.84. The van der Waals surface area contributed by atoms with Gasteiger partial charge >= 0.3 is 0 Å². The largest absolute Gasteiger partial charge is 0.339 e. The van der Waals surface area contributed by atoms with Crippen molar-refractivity contribution >= 4 is 11.0 Å². The highest BCUT2D eigenvalue weighted by Crippen LogP contribution is 2.22. The van der Waals surface area contributed by atoms with Crippen LogP contribution in [0, 0.1) is 11.3 Å².